The summed E-state index contributed by atoms with van der Waals surface area (Å²) in [6.45, 7) is 3.11. The van der Waals surface area contributed by atoms with E-state index in [-0.39, 0.29) is 35.5 Å². The highest BCUT2D eigenvalue weighted by molar-refractivity contribution is 6.25. The number of ketones is 2. The van der Waals surface area contributed by atoms with Crippen LogP contribution < -0.4 is 5.32 Å². The van der Waals surface area contributed by atoms with Crippen LogP contribution >= 0.6 is 0 Å². The van der Waals surface area contributed by atoms with Crippen LogP contribution in [0.15, 0.2) is 35.1 Å². The van der Waals surface area contributed by atoms with E-state index in [9.17, 15) is 39.9 Å². The second-order valence-electron chi connectivity index (χ2n) is 11.1. The molecule has 0 spiro atoms. The van der Waals surface area contributed by atoms with Crippen molar-refractivity contribution in [1.82, 2.24) is 15.1 Å². The van der Waals surface area contributed by atoms with Gasteiger partial charge in [0.2, 0.25) is 5.78 Å². The first-order valence-electron chi connectivity index (χ1n) is 12.7. The molecule has 0 radical (unpaired) electrons. The molecule has 1 aromatic rings. The molecule has 204 valence electrons. The molecule has 38 heavy (non-hydrogen) atoms. The third kappa shape index (κ3) is 3.53. The van der Waals surface area contributed by atoms with Crippen LogP contribution in [0.25, 0.3) is 5.76 Å². The summed E-state index contributed by atoms with van der Waals surface area (Å²) in [5, 5.41) is 59.0. The number of aliphatic hydroxyl groups excluding tert-OH is 2. The van der Waals surface area contributed by atoms with Gasteiger partial charge in [0.05, 0.1) is 23.9 Å². The van der Waals surface area contributed by atoms with Crippen LogP contribution in [-0.2, 0) is 20.0 Å². The van der Waals surface area contributed by atoms with E-state index in [1.807, 2.05) is 4.90 Å². The standard InChI is InChI=1S/C27H33N3O8/c1-26(37)13-7-6-8-16(31)17(13)21(32)18-14(26)11-15-20(29(2)3)22(33)19(24(35)27(15,38)23(18)34)25(36)28-12-30-9-4-5-10-30/h6-8,14-15,20,31-32,35,37-38H,4-5,9-12H2,1-3H3,(H,28,36)/t14-,15-,20+,26-,27+/m1/s1. The molecule has 3 aliphatic carbocycles. The molecule has 1 saturated carbocycles. The van der Waals surface area contributed by atoms with E-state index in [1.54, 1.807) is 14.1 Å². The van der Waals surface area contributed by atoms with Crippen molar-refractivity contribution < 1.29 is 39.9 Å². The van der Waals surface area contributed by atoms with E-state index in [0.29, 0.717) is 0 Å². The Morgan fingerprint density at radius 3 is 2.42 bits per heavy atom. The van der Waals surface area contributed by atoms with Crippen LogP contribution in [0, 0.1) is 11.8 Å². The Morgan fingerprint density at radius 1 is 1.13 bits per heavy atom. The Morgan fingerprint density at radius 2 is 1.79 bits per heavy atom. The van der Waals surface area contributed by atoms with Crippen LogP contribution in [0.5, 0.6) is 5.75 Å². The molecule has 1 amide bonds. The largest absolute Gasteiger partial charge is 0.508 e. The van der Waals surface area contributed by atoms with Gasteiger partial charge in [0.1, 0.15) is 22.8 Å². The van der Waals surface area contributed by atoms with Gasteiger partial charge in [-0.25, -0.2) is 0 Å². The Bertz CT molecular complexity index is 1290. The molecule has 1 aromatic carbocycles. The number of hydrogen-bond acceptors (Lipinski definition) is 10. The Kier molecular flexibility index (Phi) is 6.18. The monoisotopic (exact) mass is 527 g/mol. The van der Waals surface area contributed by atoms with Crippen molar-refractivity contribution in [1.29, 1.82) is 0 Å². The van der Waals surface area contributed by atoms with Gasteiger partial charge in [-0.1, -0.05) is 12.1 Å². The fourth-order valence-electron chi connectivity index (χ4n) is 6.70. The van der Waals surface area contributed by atoms with E-state index in [0.717, 1.165) is 25.9 Å². The van der Waals surface area contributed by atoms with Crippen molar-refractivity contribution in [2.24, 2.45) is 11.8 Å². The summed E-state index contributed by atoms with van der Waals surface area (Å²) in [7, 11) is 3.12. The van der Waals surface area contributed by atoms with E-state index in [4.69, 9.17) is 0 Å². The number of hydrogen-bond donors (Lipinski definition) is 6. The van der Waals surface area contributed by atoms with Gasteiger partial charge in [0.15, 0.2) is 11.4 Å². The summed E-state index contributed by atoms with van der Waals surface area (Å²) in [4.78, 5) is 44.3. The fourth-order valence-corrected chi connectivity index (χ4v) is 6.70. The summed E-state index contributed by atoms with van der Waals surface area (Å²) in [6, 6.07) is 3.12. The molecule has 2 fully saturated rings. The number of aliphatic hydroxyl groups is 4. The van der Waals surface area contributed by atoms with Gasteiger partial charge in [0.25, 0.3) is 5.91 Å². The zero-order valence-electron chi connectivity index (χ0n) is 21.6. The molecule has 0 aromatic heterocycles. The molecule has 11 heteroatoms. The second kappa shape index (κ2) is 8.91. The number of nitrogens with zero attached hydrogens (tertiary/aromatic N) is 2. The summed E-state index contributed by atoms with van der Waals surface area (Å²) in [5.74, 6) is -7.17. The van der Waals surface area contributed by atoms with Crippen molar-refractivity contribution in [3.05, 3.63) is 46.2 Å². The van der Waals surface area contributed by atoms with E-state index in [2.05, 4.69) is 5.32 Å². The van der Waals surface area contributed by atoms with Crippen molar-refractivity contribution >= 4 is 23.2 Å². The van der Waals surface area contributed by atoms with Gasteiger partial charge in [-0.3, -0.25) is 24.2 Å². The molecule has 1 heterocycles. The first-order valence-corrected chi connectivity index (χ1v) is 12.7. The van der Waals surface area contributed by atoms with Gasteiger partial charge >= 0.3 is 0 Å². The number of Topliss-reactive ketones (excluding diaryl/α,β-unsaturated/α-hetero) is 2. The topological polar surface area (TPSA) is 171 Å². The zero-order chi connectivity index (χ0) is 27.7. The molecular weight excluding hydrogens is 494 g/mol. The average molecular weight is 528 g/mol. The van der Waals surface area contributed by atoms with E-state index < -0.39 is 63.6 Å². The number of benzene rings is 1. The fraction of sp³-hybridized carbons (Fsp3) is 0.519. The maximum absolute atomic E-state index is 14.0. The number of carbonyl (C=O) groups is 3. The predicted molar refractivity (Wildman–Crippen MR) is 135 cm³/mol. The van der Waals surface area contributed by atoms with Crippen LogP contribution in [0.4, 0.5) is 0 Å². The summed E-state index contributed by atoms with van der Waals surface area (Å²) in [6.07, 6.45) is 1.78. The molecule has 0 bridgehead atoms. The summed E-state index contributed by atoms with van der Waals surface area (Å²) < 4.78 is 0. The van der Waals surface area contributed by atoms with Gasteiger partial charge in [-0.15, -0.1) is 0 Å². The number of likely N-dealkylation sites (N-methyl/N-ethyl adjacent to an activating group) is 1. The molecule has 4 aliphatic rings. The van der Waals surface area contributed by atoms with Crippen molar-refractivity contribution in [3.63, 3.8) is 0 Å². The minimum Gasteiger partial charge on any atom is -0.508 e. The molecule has 1 aliphatic heterocycles. The number of aromatic hydroxyl groups is 1. The predicted octanol–water partition coefficient (Wildman–Crippen LogP) is 0.313. The third-order valence-corrected chi connectivity index (χ3v) is 8.66. The van der Waals surface area contributed by atoms with Crippen molar-refractivity contribution in [2.45, 2.75) is 43.4 Å². The van der Waals surface area contributed by atoms with Crippen molar-refractivity contribution in [3.8, 4) is 5.75 Å². The highest BCUT2D eigenvalue weighted by Gasteiger charge is 2.66. The number of likely N-dealkylation sites (tertiary alicyclic amines) is 1. The number of phenolic OH excluding ortho intramolecular Hbond substituents is 1. The van der Waals surface area contributed by atoms with Crippen LogP contribution in [0.1, 0.15) is 37.3 Å². The van der Waals surface area contributed by atoms with Gasteiger partial charge in [-0.2, -0.15) is 0 Å². The number of rotatable bonds is 4. The number of fused-ring (bicyclic) bond motifs is 3. The lowest BCUT2D eigenvalue weighted by molar-refractivity contribution is -0.159. The summed E-state index contributed by atoms with van der Waals surface area (Å²) >= 11 is 0. The van der Waals surface area contributed by atoms with Gasteiger partial charge in [-0.05, 0) is 65.0 Å². The molecule has 5 rings (SSSR count). The Labute approximate surface area is 219 Å². The van der Waals surface area contributed by atoms with Gasteiger partial charge < -0.3 is 30.8 Å². The van der Waals surface area contributed by atoms with Crippen LogP contribution in [0.2, 0.25) is 0 Å². The van der Waals surface area contributed by atoms with Crippen molar-refractivity contribution in [2.75, 3.05) is 33.9 Å². The number of carbonyl (C=O) groups excluding carboxylic acids is 3. The normalized spacial score (nSPS) is 33.4. The van der Waals surface area contributed by atoms with E-state index in [1.165, 1.54) is 30.0 Å². The molecule has 0 unspecified atom stereocenters. The maximum Gasteiger partial charge on any atom is 0.259 e. The molecule has 1 saturated heterocycles. The highest BCUT2D eigenvalue weighted by Crippen LogP contribution is 2.57. The second-order valence-corrected chi connectivity index (χ2v) is 11.1. The SMILES string of the molecule is CN(C)[C@@H]1C(=O)C(C(=O)NCN2CCCC2)=C(O)[C@@]2(O)C(=O)C3=C(O)c4c(O)cccc4[C@@](C)(O)[C@@H]3C[C@H]12. The molecule has 11 nitrogen and oxygen atoms in total. The lowest BCUT2D eigenvalue weighted by atomic mass is 9.54. The number of amides is 1. The minimum absolute atomic E-state index is 0.137. The zero-order valence-corrected chi connectivity index (χ0v) is 21.6. The molecule has 5 atom stereocenters. The molecular formula is C27H33N3O8. The van der Waals surface area contributed by atoms with Crippen LogP contribution in [-0.4, -0.2) is 98.3 Å². The number of nitrogens with one attached hydrogen (secondary N) is 1. The van der Waals surface area contributed by atoms with Crippen LogP contribution in [0.3, 0.4) is 0 Å². The Balaban J connectivity index is 1.65. The quantitative estimate of drug-likeness (QED) is 0.300. The lowest BCUT2D eigenvalue weighted by Crippen LogP contribution is -2.67. The lowest BCUT2D eigenvalue weighted by Gasteiger charge is -2.53. The van der Waals surface area contributed by atoms with Gasteiger partial charge in [0, 0.05) is 17.4 Å². The third-order valence-electron chi connectivity index (χ3n) is 8.66. The Hall–Kier alpha value is -3.25. The first-order chi connectivity index (χ1) is 17.8. The summed E-state index contributed by atoms with van der Waals surface area (Å²) in [5.41, 5.74) is -5.54. The minimum atomic E-state index is -2.72. The average Bonchev–Trinajstić information content (AvgIpc) is 3.37. The van der Waals surface area contributed by atoms with E-state index >= 15 is 0 Å². The molecule has 6 N–H and O–H groups in total. The first kappa shape index (κ1) is 26.4. The highest BCUT2D eigenvalue weighted by atomic mass is 16.3. The maximum atomic E-state index is 14.0. The number of phenols is 1. The smallest absolute Gasteiger partial charge is 0.259 e.